The largest absolute Gasteiger partial charge is 0.375 e. The zero-order chi connectivity index (χ0) is 48.9. The fraction of sp³-hybridized carbons (Fsp3) is 0.593. The normalized spacial score (nSPS) is 21.7. The minimum atomic E-state index is -0.999. The van der Waals surface area contributed by atoms with Crippen molar-refractivity contribution in [3.8, 4) is 0 Å². The van der Waals surface area contributed by atoms with E-state index in [1.165, 1.54) is 0 Å². The first kappa shape index (κ1) is 49.4. The number of fused-ring (bicyclic) bond motifs is 1. The summed E-state index contributed by atoms with van der Waals surface area (Å²) in [6, 6.07) is 17.2. The number of benzene rings is 2. The molecule has 71 heavy (non-hydrogen) atoms. The summed E-state index contributed by atoms with van der Waals surface area (Å²) >= 11 is 6.29. The van der Waals surface area contributed by atoms with Crippen LogP contribution in [0.5, 0.6) is 0 Å². The molecule has 2 aromatic heterocycles. The molecule has 0 spiro atoms. The molecule has 17 heteroatoms. The number of halogens is 1. The molecule has 10 rings (SSSR count). The Morgan fingerprint density at radius 1 is 0.817 bits per heavy atom. The van der Waals surface area contributed by atoms with Gasteiger partial charge in [-0.15, -0.1) is 0 Å². The van der Waals surface area contributed by atoms with Crippen LogP contribution in [0.3, 0.4) is 0 Å². The molecule has 0 radical (unpaired) electrons. The Bertz CT molecular complexity index is 2470. The van der Waals surface area contributed by atoms with Gasteiger partial charge in [0, 0.05) is 87.6 Å². The molecule has 0 unspecified atom stereocenters. The summed E-state index contributed by atoms with van der Waals surface area (Å²) in [7, 11) is 0. The van der Waals surface area contributed by atoms with Gasteiger partial charge in [-0.2, -0.15) is 0 Å². The van der Waals surface area contributed by atoms with Crippen molar-refractivity contribution in [3.63, 3.8) is 0 Å². The predicted octanol–water partition coefficient (Wildman–Crippen LogP) is 5.69. The second kappa shape index (κ2) is 22.3. The third-order valence-electron chi connectivity index (χ3n) is 16.4. The van der Waals surface area contributed by atoms with E-state index in [4.69, 9.17) is 22.1 Å². The van der Waals surface area contributed by atoms with Crippen LogP contribution < -0.4 is 26.6 Å². The Labute approximate surface area is 422 Å². The van der Waals surface area contributed by atoms with Gasteiger partial charge in [0.25, 0.3) is 5.91 Å². The summed E-state index contributed by atoms with van der Waals surface area (Å²) in [5.74, 6) is 0.997. The molecule has 4 aromatic rings. The maximum absolute atomic E-state index is 14.4. The molecule has 4 saturated heterocycles. The van der Waals surface area contributed by atoms with Crippen molar-refractivity contribution in [3.05, 3.63) is 88.8 Å². The first-order valence-corrected chi connectivity index (χ1v) is 26.9. The summed E-state index contributed by atoms with van der Waals surface area (Å²) in [5, 5.41) is 11.5. The molecule has 6 N–H and O–H groups in total. The summed E-state index contributed by atoms with van der Waals surface area (Å²) in [4.78, 5) is 75.5. The van der Waals surface area contributed by atoms with Gasteiger partial charge in [-0.3, -0.25) is 19.2 Å². The Kier molecular flexibility index (Phi) is 15.5. The van der Waals surface area contributed by atoms with E-state index in [2.05, 4.69) is 40.7 Å². The number of carbonyl (C=O) groups excluding carboxylic acids is 4. The molecular formula is C54H72ClN11O5. The number of nitrogens with two attached hydrogens (primary N) is 1. The monoisotopic (exact) mass is 990 g/mol. The number of aromatic amines is 1. The minimum Gasteiger partial charge on any atom is -0.375 e. The van der Waals surface area contributed by atoms with Crippen LogP contribution in [0.15, 0.2) is 67.1 Å². The van der Waals surface area contributed by atoms with Crippen LogP contribution >= 0.6 is 11.6 Å². The van der Waals surface area contributed by atoms with Crippen molar-refractivity contribution < 1.29 is 23.9 Å². The fourth-order valence-electron chi connectivity index (χ4n) is 11.6. The highest BCUT2D eigenvalue weighted by Gasteiger charge is 2.41. The molecule has 2 aliphatic carbocycles. The van der Waals surface area contributed by atoms with Crippen LogP contribution in [0.2, 0.25) is 5.02 Å². The highest BCUT2D eigenvalue weighted by Crippen LogP contribution is 2.33. The SMILES string of the molecule is NC1(C(=O)N[C@@H](CCN2CCC(OC3CCN(C(=O)[C@H](NC(=O)c4cccc(C5CN(C(=O)CNC6CC6)C5)c4)C4CCCCC4)CC3)CC2)c2ccc(Cl)cc2)CCN(c2ncnc3[nH]ccc23)CC1. The Balaban J connectivity index is 0.676. The molecule has 6 fully saturated rings. The Morgan fingerprint density at radius 3 is 2.25 bits per heavy atom. The van der Waals surface area contributed by atoms with Crippen LogP contribution in [-0.2, 0) is 19.1 Å². The number of rotatable bonds is 17. The van der Waals surface area contributed by atoms with Crippen molar-refractivity contribution in [2.24, 2.45) is 11.7 Å². The number of hydrogen-bond donors (Lipinski definition) is 5. The first-order chi connectivity index (χ1) is 34.5. The predicted molar refractivity (Wildman–Crippen MR) is 274 cm³/mol. The Hall–Kier alpha value is -5.13. The van der Waals surface area contributed by atoms with Gasteiger partial charge in [0.05, 0.1) is 35.7 Å². The fourth-order valence-corrected chi connectivity index (χ4v) is 11.7. The number of likely N-dealkylation sites (tertiary alicyclic amines) is 3. The molecule has 380 valence electrons. The van der Waals surface area contributed by atoms with Crippen molar-refractivity contribution in [2.45, 2.75) is 132 Å². The van der Waals surface area contributed by atoms with Crippen LogP contribution in [-0.4, -0.2) is 149 Å². The molecule has 16 nitrogen and oxygen atoms in total. The number of piperidine rings is 3. The third-order valence-corrected chi connectivity index (χ3v) is 16.6. The van der Waals surface area contributed by atoms with E-state index in [0.29, 0.717) is 75.3 Å². The van der Waals surface area contributed by atoms with Gasteiger partial charge in [-0.1, -0.05) is 55.1 Å². The lowest BCUT2D eigenvalue weighted by Crippen LogP contribution is -2.60. The zero-order valence-electron chi connectivity index (χ0n) is 41.0. The number of amides is 4. The van der Waals surface area contributed by atoms with Crippen LogP contribution in [0.25, 0.3) is 11.0 Å². The lowest BCUT2D eigenvalue weighted by molar-refractivity contribution is -0.139. The molecule has 6 aliphatic rings. The van der Waals surface area contributed by atoms with E-state index in [9.17, 15) is 19.2 Å². The molecule has 2 atom stereocenters. The van der Waals surface area contributed by atoms with Gasteiger partial charge >= 0.3 is 0 Å². The average molecular weight is 991 g/mol. The molecule has 6 heterocycles. The highest BCUT2D eigenvalue weighted by molar-refractivity contribution is 6.30. The lowest BCUT2D eigenvalue weighted by atomic mass is 9.83. The van der Waals surface area contributed by atoms with Crippen molar-refractivity contribution >= 4 is 52.1 Å². The van der Waals surface area contributed by atoms with Gasteiger partial charge in [0.15, 0.2) is 0 Å². The number of aromatic nitrogens is 3. The standard InChI is InChI=1S/C54H72ClN11O5/c55-41-11-9-36(10-12-41)46(61-53(70)54(56)21-29-64(30-22-54)50-45-15-23-57-49(45)59-35-60-50)20-26-63-24-16-43(17-25-63)71-44-18-27-65(28-19-44)52(69)48(37-5-2-1-3-6-37)62-51(68)39-8-4-7-38(31-39)40-33-66(34-40)47(67)32-58-42-13-14-42/h4,7-12,15,23,31,35,37,40,42-44,46,48,58H,1-3,5-6,13-14,16-22,24-30,32-34,56H2,(H,61,70)(H,62,68)(H,57,59,60)/t46-,48+/m0/s1. The van der Waals surface area contributed by atoms with Crippen molar-refractivity contribution in [2.75, 3.05) is 70.3 Å². The number of hydrogen-bond acceptors (Lipinski definition) is 11. The van der Waals surface area contributed by atoms with Gasteiger partial charge in [-0.05, 0) is 118 Å². The zero-order valence-corrected chi connectivity index (χ0v) is 41.8. The van der Waals surface area contributed by atoms with Gasteiger partial charge < -0.3 is 51.0 Å². The highest BCUT2D eigenvalue weighted by atomic mass is 35.5. The number of nitrogens with zero attached hydrogens (tertiary/aromatic N) is 6. The lowest BCUT2D eigenvalue weighted by Gasteiger charge is -2.40. The number of anilines is 1. The molecule has 0 bridgehead atoms. The van der Waals surface area contributed by atoms with E-state index in [0.717, 1.165) is 125 Å². The molecule has 2 saturated carbocycles. The third kappa shape index (κ3) is 12.1. The van der Waals surface area contributed by atoms with E-state index in [1.807, 2.05) is 70.6 Å². The topological polar surface area (TPSA) is 194 Å². The Morgan fingerprint density at radius 2 is 1.54 bits per heavy atom. The maximum atomic E-state index is 14.4. The van der Waals surface area contributed by atoms with Gasteiger partial charge in [0.2, 0.25) is 17.7 Å². The number of ether oxygens (including phenoxy) is 1. The molecular weight excluding hydrogens is 918 g/mol. The minimum absolute atomic E-state index is 0.0261. The summed E-state index contributed by atoms with van der Waals surface area (Å²) in [6.07, 6.45) is 16.3. The van der Waals surface area contributed by atoms with Gasteiger partial charge in [-0.25, -0.2) is 9.97 Å². The second-order valence-electron chi connectivity index (χ2n) is 21.3. The summed E-state index contributed by atoms with van der Waals surface area (Å²) in [6.45, 7) is 6.80. The summed E-state index contributed by atoms with van der Waals surface area (Å²) in [5.41, 5.74) is 9.31. The van der Waals surface area contributed by atoms with Crippen LogP contribution in [0.1, 0.15) is 123 Å². The molecule has 4 aliphatic heterocycles. The second-order valence-corrected chi connectivity index (χ2v) is 21.7. The number of nitrogens with one attached hydrogen (secondary N) is 4. The quantitative estimate of drug-likeness (QED) is 0.0874. The van der Waals surface area contributed by atoms with E-state index < -0.39 is 11.6 Å². The first-order valence-electron chi connectivity index (χ1n) is 26.5. The molecule has 2 aromatic carbocycles. The van der Waals surface area contributed by atoms with Crippen LogP contribution in [0.4, 0.5) is 5.82 Å². The smallest absolute Gasteiger partial charge is 0.251 e. The van der Waals surface area contributed by atoms with Crippen molar-refractivity contribution in [1.29, 1.82) is 0 Å². The van der Waals surface area contributed by atoms with Crippen LogP contribution in [0, 0.1) is 5.92 Å². The van der Waals surface area contributed by atoms with E-state index in [1.54, 1.807) is 6.33 Å². The average Bonchev–Trinajstić information content (AvgIpc) is 4.10. The molecule has 4 amide bonds. The maximum Gasteiger partial charge on any atom is 0.251 e. The van der Waals surface area contributed by atoms with Crippen molar-refractivity contribution in [1.82, 2.24) is 45.6 Å². The number of H-pyrrole nitrogens is 1. The van der Waals surface area contributed by atoms with E-state index >= 15 is 0 Å². The summed E-state index contributed by atoms with van der Waals surface area (Å²) < 4.78 is 6.73. The van der Waals surface area contributed by atoms with Gasteiger partial charge in [0.1, 0.15) is 23.8 Å². The number of carbonyl (C=O) groups is 4. The van der Waals surface area contributed by atoms with E-state index in [-0.39, 0.29) is 53.7 Å².